The topological polar surface area (TPSA) is 101 Å². The van der Waals surface area contributed by atoms with Crippen LogP contribution in [0.2, 0.25) is 0 Å². The number of nitrogens with zero attached hydrogens (tertiary/aromatic N) is 2. The molecule has 2 fully saturated rings. The Morgan fingerprint density at radius 3 is 2.67 bits per heavy atom. The number of carboxylic acid groups (broad SMARTS) is 1. The zero-order chi connectivity index (χ0) is 21.6. The lowest BCUT2D eigenvalue weighted by molar-refractivity contribution is 0.0314. The Bertz CT molecular complexity index is 1050. The minimum Gasteiger partial charge on any atom is -0.492 e. The van der Waals surface area contributed by atoms with Crippen molar-refractivity contribution in [1.29, 1.82) is 0 Å². The van der Waals surface area contributed by atoms with E-state index in [4.69, 9.17) is 9.47 Å². The average Bonchev–Trinajstić information content (AvgIpc) is 3.44. The van der Waals surface area contributed by atoms with Gasteiger partial charge in [0.25, 0.3) is 0 Å². The molecule has 2 atom stereocenters. The fraction of sp³-hybridized carbons (Fsp3) is 0.524. The molecule has 0 bridgehead atoms. The number of pyridine rings is 1. The maximum Gasteiger partial charge on any atom is 0.341 e. The smallest absolute Gasteiger partial charge is 0.341 e. The Kier molecular flexibility index (Phi) is 5.42. The van der Waals surface area contributed by atoms with Gasteiger partial charge >= 0.3 is 5.97 Å². The Hall–Kier alpha value is -2.65. The molecule has 2 heterocycles. The van der Waals surface area contributed by atoms with Gasteiger partial charge < -0.3 is 29.2 Å². The monoisotopic (exact) mass is 420 g/mol. The second kappa shape index (κ2) is 7.88. The Labute approximate surface area is 172 Å². The summed E-state index contributed by atoms with van der Waals surface area (Å²) < 4.78 is 27.6. The molecule has 2 aliphatic rings. The van der Waals surface area contributed by atoms with Crippen LogP contribution in [0.1, 0.15) is 35.7 Å². The van der Waals surface area contributed by atoms with E-state index in [2.05, 4.69) is 0 Å². The largest absolute Gasteiger partial charge is 0.492 e. The van der Waals surface area contributed by atoms with Crippen molar-refractivity contribution in [2.75, 3.05) is 38.8 Å². The number of hydrogen-bond acceptors (Lipinski definition) is 6. The zero-order valence-corrected chi connectivity index (χ0v) is 16.9. The SMILES string of the molecule is COCC(O)C1CCN(c2c(F)cc3c(=O)c(C(=O)O)cn(C4CC4)c3c2OC)C1. The number of aromatic nitrogens is 1. The van der Waals surface area contributed by atoms with Crippen LogP contribution in [0.25, 0.3) is 10.9 Å². The standard InChI is InChI=1S/C21H25FN2O6/c1-29-10-16(25)11-5-6-23(8-11)18-15(22)7-13-17(20(18)30-2)24(12-3-4-12)9-14(19(13)26)21(27)28/h7,9,11-12,16,25H,3-6,8,10H2,1-2H3,(H,27,28). The lowest BCUT2D eigenvalue weighted by Gasteiger charge is -2.25. The van der Waals surface area contributed by atoms with Gasteiger partial charge in [0.05, 0.1) is 30.7 Å². The highest BCUT2D eigenvalue weighted by molar-refractivity contribution is 5.97. The van der Waals surface area contributed by atoms with Crippen molar-refractivity contribution >= 4 is 22.6 Å². The maximum atomic E-state index is 15.3. The average molecular weight is 420 g/mol. The number of methoxy groups -OCH3 is 2. The first-order chi connectivity index (χ1) is 14.4. The quantitative estimate of drug-likeness (QED) is 0.707. The highest BCUT2D eigenvalue weighted by atomic mass is 19.1. The second-order valence-corrected chi connectivity index (χ2v) is 7.97. The minimum absolute atomic E-state index is 0.00457. The van der Waals surface area contributed by atoms with Crippen molar-refractivity contribution in [3.63, 3.8) is 0 Å². The van der Waals surface area contributed by atoms with Crippen LogP contribution in [-0.2, 0) is 4.74 Å². The molecule has 0 amide bonds. The molecule has 1 saturated heterocycles. The second-order valence-electron chi connectivity index (χ2n) is 7.97. The summed E-state index contributed by atoms with van der Waals surface area (Å²) in [6.07, 6.45) is 3.05. The van der Waals surface area contributed by atoms with Gasteiger partial charge in [-0.25, -0.2) is 9.18 Å². The number of benzene rings is 1. The van der Waals surface area contributed by atoms with E-state index >= 15 is 4.39 Å². The van der Waals surface area contributed by atoms with E-state index in [1.54, 1.807) is 4.57 Å². The number of carbonyl (C=O) groups is 1. The van der Waals surface area contributed by atoms with Crippen LogP contribution in [0.4, 0.5) is 10.1 Å². The van der Waals surface area contributed by atoms with Crippen LogP contribution in [0.3, 0.4) is 0 Å². The lowest BCUT2D eigenvalue weighted by atomic mass is 10.0. The molecule has 1 saturated carbocycles. The molecule has 1 aliphatic carbocycles. The normalized spacial score (nSPS) is 20.0. The number of anilines is 1. The Balaban J connectivity index is 1.87. The van der Waals surface area contributed by atoms with Crippen LogP contribution in [0.5, 0.6) is 5.75 Å². The fourth-order valence-corrected chi connectivity index (χ4v) is 4.34. The van der Waals surface area contributed by atoms with E-state index in [0.29, 0.717) is 25.0 Å². The first kappa shape index (κ1) is 20.6. The van der Waals surface area contributed by atoms with E-state index in [-0.39, 0.29) is 41.0 Å². The van der Waals surface area contributed by atoms with E-state index < -0.39 is 23.3 Å². The number of hydrogen-bond donors (Lipinski definition) is 2. The summed E-state index contributed by atoms with van der Waals surface area (Å²) in [5.41, 5.74) is -0.471. The summed E-state index contributed by atoms with van der Waals surface area (Å²) >= 11 is 0. The first-order valence-electron chi connectivity index (χ1n) is 9.97. The molecule has 162 valence electrons. The fourth-order valence-electron chi connectivity index (χ4n) is 4.34. The Morgan fingerprint density at radius 1 is 1.33 bits per heavy atom. The molecule has 4 rings (SSSR count). The number of aromatic carboxylic acids is 1. The van der Waals surface area contributed by atoms with Crippen molar-refractivity contribution in [3.05, 3.63) is 33.9 Å². The third-order valence-electron chi connectivity index (χ3n) is 6.00. The van der Waals surface area contributed by atoms with Crippen molar-refractivity contribution in [3.8, 4) is 5.75 Å². The number of carboxylic acids is 1. The maximum absolute atomic E-state index is 15.3. The van der Waals surface area contributed by atoms with Gasteiger partial charge in [0, 0.05) is 38.4 Å². The van der Waals surface area contributed by atoms with Crippen LogP contribution >= 0.6 is 0 Å². The molecular weight excluding hydrogens is 395 g/mol. The van der Waals surface area contributed by atoms with Crippen LogP contribution < -0.4 is 15.1 Å². The predicted octanol–water partition coefficient (Wildman–Crippen LogP) is 2.02. The van der Waals surface area contributed by atoms with E-state index in [0.717, 1.165) is 18.9 Å². The number of aliphatic hydroxyl groups is 1. The van der Waals surface area contributed by atoms with Gasteiger partial charge in [-0.3, -0.25) is 4.79 Å². The molecule has 1 aliphatic heterocycles. The van der Waals surface area contributed by atoms with Crippen molar-refractivity contribution in [2.45, 2.75) is 31.4 Å². The van der Waals surface area contributed by atoms with Gasteiger partial charge in [0.15, 0.2) is 11.6 Å². The molecule has 2 N–H and O–H groups in total. The molecule has 30 heavy (non-hydrogen) atoms. The predicted molar refractivity (Wildman–Crippen MR) is 108 cm³/mol. The number of aliphatic hydroxyl groups excluding tert-OH is 1. The molecule has 9 heteroatoms. The van der Waals surface area contributed by atoms with Crippen LogP contribution in [-0.4, -0.2) is 60.8 Å². The van der Waals surface area contributed by atoms with Gasteiger partial charge in [0.2, 0.25) is 5.43 Å². The summed E-state index contributed by atoms with van der Waals surface area (Å²) in [5, 5.41) is 19.7. The van der Waals surface area contributed by atoms with Crippen molar-refractivity contribution in [2.24, 2.45) is 5.92 Å². The molecule has 0 spiro atoms. The molecule has 1 aromatic carbocycles. The summed E-state index contributed by atoms with van der Waals surface area (Å²) in [7, 11) is 2.93. The van der Waals surface area contributed by atoms with Crippen LogP contribution in [0, 0.1) is 11.7 Å². The summed E-state index contributed by atoms with van der Waals surface area (Å²) in [5.74, 6) is -1.85. The van der Waals surface area contributed by atoms with E-state index in [1.165, 1.54) is 20.4 Å². The number of halogens is 1. The van der Waals surface area contributed by atoms with Gasteiger partial charge in [-0.1, -0.05) is 0 Å². The van der Waals surface area contributed by atoms with Gasteiger partial charge in [0.1, 0.15) is 11.3 Å². The number of ether oxygens (including phenoxy) is 2. The lowest BCUT2D eigenvalue weighted by Crippen LogP contribution is -2.29. The van der Waals surface area contributed by atoms with Gasteiger partial charge in [-0.05, 0) is 25.3 Å². The van der Waals surface area contributed by atoms with Crippen LogP contribution in [0.15, 0.2) is 17.1 Å². The van der Waals surface area contributed by atoms with Gasteiger partial charge in [-0.15, -0.1) is 0 Å². The number of fused-ring (bicyclic) bond motifs is 1. The van der Waals surface area contributed by atoms with Crippen molar-refractivity contribution < 1.29 is 28.9 Å². The first-order valence-corrected chi connectivity index (χ1v) is 9.97. The zero-order valence-electron chi connectivity index (χ0n) is 16.9. The molecule has 2 unspecified atom stereocenters. The van der Waals surface area contributed by atoms with Crippen molar-refractivity contribution in [1.82, 2.24) is 4.57 Å². The van der Waals surface area contributed by atoms with E-state index in [9.17, 15) is 19.8 Å². The third kappa shape index (κ3) is 3.41. The highest BCUT2D eigenvalue weighted by Crippen LogP contribution is 2.44. The molecule has 1 aromatic heterocycles. The minimum atomic E-state index is -1.34. The summed E-state index contributed by atoms with van der Waals surface area (Å²) in [6.45, 7) is 1.14. The Morgan fingerprint density at radius 2 is 2.07 bits per heavy atom. The third-order valence-corrected chi connectivity index (χ3v) is 6.00. The van der Waals surface area contributed by atoms with E-state index in [1.807, 2.05) is 4.90 Å². The summed E-state index contributed by atoms with van der Waals surface area (Å²) in [4.78, 5) is 26.1. The molecule has 2 aromatic rings. The molecular formula is C21H25FN2O6. The summed E-state index contributed by atoms with van der Waals surface area (Å²) in [6, 6.07) is 1.16. The van der Waals surface area contributed by atoms with Gasteiger partial charge in [-0.2, -0.15) is 0 Å². The molecule has 8 nitrogen and oxygen atoms in total. The number of rotatable bonds is 7. The highest BCUT2D eigenvalue weighted by Gasteiger charge is 2.34. The molecule has 0 radical (unpaired) electrons.